The molecule has 2 rings (SSSR count). The SMILES string of the molecule is COCc1c(Br)c(C)nc(OCC(=O)N/N=C/c2cccc([N+](=O)[O-])c2)c1C#N. The number of carbonyl (C=O) groups is 1. The van der Waals surface area contributed by atoms with E-state index < -0.39 is 17.4 Å². The Morgan fingerprint density at radius 3 is 2.93 bits per heavy atom. The third-order valence-electron chi connectivity index (χ3n) is 3.59. The largest absolute Gasteiger partial charge is 0.467 e. The minimum absolute atomic E-state index is 0.0121. The number of nitriles is 1. The van der Waals surface area contributed by atoms with Crippen LogP contribution in [0.1, 0.15) is 22.4 Å². The summed E-state index contributed by atoms with van der Waals surface area (Å²) < 4.78 is 11.1. The summed E-state index contributed by atoms with van der Waals surface area (Å²) in [6.07, 6.45) is 1.27. The topological polar surface area (TPSA) is 140 Å². The van der Waals surface area contributed by atoms with Crippen LogP contribution in [0.15, 0.2) is 33.8 Å². The molecule has 0 radical (unpaired) electrons. The fraction of sp³-hybridized carbons (Fsp3) is 0.222. The number of methoxy groups -OCH3 is 1. The van der Waals surface area contributed by atoms with E-state index in [1.54, 1.807) is 13.0 Å². The van der Waals surface area contributed by atoms with E-state index in [1.807, 2.05) is 6.07 Å². The highest BCUT2D eigenvalue weighted by Crippen LogP contribution is 2.29. The smallest absolute Gasteiger partial charge is 0.278 e. The van der Waals surface area contributed by atoms with Gasteiger partial charge in [0, 0.05) is 34.8 Å². The maximum atomic E-state index is 11.9. The standard InChI is InChI=1S/C18H16BrN5O5/c1-11-17(19)15(9-28-2)14(7-20)18(22-11)29-10-16(25)23-21-8-12-4-3-5-13(6-12)24(26)27/h3-6,8H,9-10H2,1-2H3,(H,23,25)/b21-8+. The minimum Gasteiger partial charge on any atom is -0.467 e. The zero-order chi connectivity index (χ0) is 21.4. The molecule has 0 aliphatic heterocycles. The van der Waals surface area contributed by atoms with Crippen LogP contribution >= 0.6 is 15.9 Å². The lowest BCUT2D eigenvalue weighted by molar-refractivity contribution is -0.384. The van der Waals surface area contributed by atoms with Crippen molar-refractivity contribution in [3.05, 3.63) is 61.2 Å². The lowest BCUT2D eigenvalue weighted by atomic mass is 10.1. The number of rotatable bonds is 8. The quantitative estimate of drug-likeness (QED) is 0.361. The third kappa shape index (κ3) is 5.81. The first-order valence-corrected chi connectivity index (χ1v) is 8.93. The summed E-state index contributed by atoms with van der Waals surface area (Å²) >= 11 is 3.37. The van der Waals surface area contributed by atoms with Gasteiger partial charge < -0.3 is 9.47 Å². The number of ether oxygens (including phenoxy) is 2. The second-order valence-corrected chi connectivity index (χ2v) is 6.44. The number of pyridine rings is 1. The zero-order valence-electron chi connectivity index (χ0n) is 15.5. The second-order valence-electron chi connectivity index (χ2n) is 5.65. The Hall–Kier alpha value is -3.36. The highest BCUT2D eigenvalue weighted by atomic mass is 79.9. The van der Waals surface area contributed by atoms with Crippen molar-refractivity contribution in [3.8, 4) is 11.9 Å². The lowest BCUT2D eigenvalue weighted by Crippen LogP contribution is -2.25. The second kappa shape index (κ2) is 10.3. The summed E-state index contributed by atoms with van der Waals surface area (Å²) in [4.78, 5) is 26.4. The zero-order valence-corrected chi connectivity index (χ0v) is 17.1. The molecule has 2 aromatic rings. The first-order valence-electron chi connectivity index (χ1n) is 8.14. The average molecular weight is 462 g/mol. The molecule has 0 aliphatic rings. The summed E-state index contributed by atoms with van der Waals surface area (Å²) in [6.45, 7) is 1.46. The van der Waals surface area contributed by atoms with E-state index >= 15 is 0 Å². The Kier molecular flexibility index (Phi) is 7.76. The number of benzene rings is 1. The number of hydrogen-bond donors (Lipinski definition) is 1. The van der Waals surface area contributed by atoms with Crippen LogP contribution in [0.2, 0.25) is 0 Å². The normalized spacial score (nSPS) is 10.6. The van der Waals surface area contributed by atoms with Gasteiger partial charge in [0.05, 0.1) is 23.4 Å². The molecule has 10 nitrogen and oxygen atoms in total. The van der Waals surface area contributed by atoms with E-state index in [4.69, 9.17) is 9.47 Å². The van der Waals surface area contributed by atoms with Gasteiger partial charge in [0.1, 0.15) is 11.6 Å². The van der Waals surface area contributed by atoms with Crippen LogP contribution in [0.4, 0.5) is 5.69 Å². The van der Waals surface area contributed by atoms with Crippen LogP contribution in [-0.2, 0) is 16.1 Å². The van der Waals surface area contributed by atoms with E-state index in [-0.39, 0.29) is 23.7 Å². The summed E-state index contributed by atoms with van der Waals surface area (Å²) in [5, 5.41) is 23.9. The monoisotopic (exact) mass is 461 g/mol. The van der Waals surface area contributed by atoms with Crippen LogP contribution in [0, 0.1) is 28.4 Å². The number of nitrogens with zero attached hydrogens (tertiary/aromatic N) is 4. The number of nitro groups is 1. The summed E-state index contributed by atoms with van der Waals surface area (Å²) in [5.74, 6) is -0.579. The molecule has 150 valence electrons. The van der Waals surface area contributed by atoms with Crippen molar-refractivity contribution >= 4 is 33.7 Å². The van der Waals surface area contributed by atoms with Gasteiger partial charge in [0.15, 0.2) is 6.61 Å². The predicted octanol–water partition coefficient (Wildman–Crippen LogP) is 2.61. The van der Waals surface area contributed by atoms with E-state index in [2.05, 4.69) is 31.4 Å². The minimum atomic E-state index is -0.591. The Morgan fingerprint density at radius 1 is 1.52 bits per heavy atom. The number of hydrogen-bond acceptors (Lipinski definition) is 8. The van der Waals surface area contributed by atoms with E-state index in [0.29, 0.717) is 21.3 Å². The number of non-ortho nitro benzene ring substituents is 1. The molecule has 0 unspecified atom stereocenters. The van der Waals surface area contributed by atoms with E-state index in [1.165, 1.54) is 31.5 Å². The first kappa shape index (κ1) is 21.9. The van der Waals surface area contributed by atoms with Crippen LogP contribution in [0.3, 0.4) is 0 Å². The molecular weight excluding hydrogens is 446 g/mol. The van der Waals surface area contributed by atoms with Crippen LogP contribution in [0.25, 0.3) is 0 Å². The van der Waals surface area contributed by atoms with Gasteiger partial charge in [-0.2, -0.15) is 10.4 Å². The number of amides is 1. The average Bonchev–Trinajstić information content (AvgIpc) is 2.70. The van der Waals surface area contributed by atoms with Crippen molar-refractivity contribution < 1.29 is 19.2 Å². The summed E-state index contributed by atoms with van der Waals surface area (Å²) in [7, 11) is 1.50. The molecule has 1 N–H and O–H groups in total. The van der Waals surface area contributed by atoms with Crippen molar-refractivity contribution in [3.63, 3.8) is 0 Å². The van der Waals surface area contributed by atoms with Crippen molar-refractivity contribution in [2.45, 2.75) is 13.5 Å². The summed E-state index contributed by atoms with van der Waals surface area (Å²) in [6, 6.07) is 7.78. The van der Waals surface area contributed by atoms with Gasteiger partial charge in [0.25, 0.3) is 11.6 Å². The Balaban J connectivity index is 2.03. The number of nitrogens with one attached hydrogen (secondary N) is 1. The Morgan fingerprint density at radius 2 is 2.28 bits per heavy atom. The molecule has 1 amide bonds. The number of aryl methyl sites for hydroxylation is 1. The molecule has 0 aliphatic carbocycles. The van der Waals surface area contributed by atoms with Crippen molar-refractivity contribution in [1.29, 1.82) is 5.26 Å². The molecule has 1 aromatic heterocycles. The van der Waals surface area contributed by atoms with Gasteiger partial charge in [-0.15, -0.1) is 0 Å². The summed E-state index contributed by atoms with van der Waals surface area (Å²) in [5.41, 5.74) is 3.92. The van der Waals surface area contributed by atoms with Crippen molar-refractivity contribution in [2.75, 3.05) is 13.7 Å². The van der Waals surface area contributed by atoms with Crippen LogP contribution < -0.4 is 10.2 Å². The Labute approximate surface area is 174 Å². The number of hydrazone groups is 1. The molecule has 0 spiro atoms. The number of carbonyl (C=O) groups excluding carboxylic acids is 1. The molecule has 11 heteroatoms. The van der Waals surface area contributed by atoms with Crippen molar-refractivity contribution in [2.24, 2.45) is 5.10 Å². The highest BCUT2D eigenvalue weighted by Gasteiger charge is 2.18. The first-order chi connectivity index (χ1) is 13.9. The van der Waals surface area contributed by atoms with Crippen LogP contribution in [-0.4, -0.2) is 35.7 Å². The molecule has 1 heterocycles. The molecule has 0 saturated heterocycles. The molecule has 0 bridgehead atoms. The van der Waals surface area contributed by atoms with Gasteiger partial charge in [-0.1, -0.05) is 12.1 Å². The van der Waals surface area contributed by atoms with E-state index in [9.17, 15) is 20.2 Å². The lowest BCUT2D eigenvalue weighted by Gasteiger charge is -2.13. The number of halogens is 1. The number of nitro benzene ring substituents is 1. The van der Waals surface area contributed by atoms with E-state index in [0.717, 1.165) is 0 Å². The van der Waals surface area contributed by atoms with Gasteiger partial charge in [-0.25, -0.2) is 10.4 Å². The third-order valence-corrected chi connectivity index (χ3v) is 4.64. The molecule has 0 saturated carbocycles. The fourth-order valence-electron chi connectivity index (χ4n) is 2.28. The Bertz CT molecular complexity index is 1000. The number of aromatic nitrogens is 1. The van der Waals surface area contributed by atoms with Gasteiger partial charge >= 0.3 is 0 Å². The predicted molar refractivity (Wildman–Crippen MR) is 106 cm³/mol. The molecule has 0 atom stereocenters. The molecule has 0 fully saturated rings. The highest BCUT2D eigenvalue weighted by molar-refractivity contribution is 9.10. The molecule has 1 aromatic carbocycles. The fourth-order valence-corrected chi connectivity index (χ4v) is 2.68. The van der Waals surface area contributed by atoms with Gasteiger partial charge in [-0.05, 0) is 22.9 Å². The van der Waals surface area contributed by atoms with Gasteiger partial charge in [-0.3, -0.25) is 14.9 Å². The maximum absolute atomic E-state index is 11.9. The maximum Gasteiger partial charge on any atom is 0.278 e. The molecular formula is C18H16BrN5O5. The molecule has 29 heavy (non-hydrogen) atoms. The van der Waals surface area contributed by atoms with Crippen molar-refractivity contribution in [1.82, 2.24) is 10.4 Å². The van der Waals surface area contributed by atoms with Gasteiger partial charge in [0.2, 0.25) is 5.88 Å². The van der Waals surface area contributed by atoms with Crippen LogP contribution in [0.5, 0.6) is 5.88 Å².